The standard InChI is InChI=1S/C32H32N4O5S/c1-23-9-15-30(16-10-23)42(39,40)36(28-18-24(2)17-25(3)19-28)21-31(37)35-33-20-26-11-13-29(14-12-26)41-22-32(38)34-27-7-5-4-6-8-27/h4-20H,21-22H2,1-3H3,(H,34,38)(H,35,37)/b33-20-. The molecule has 10 heteroatoms. The minimum atomic E-state index is -4.03. The van der Waals surface area contributed by atoms with Gasteiger partial charge in [0.25, 0.3) is 21.8 Å². The molecule has 4 rings (SSSR count). The predicted molar refractivity (Wildman–Crippen MR) is 164 cm³/mol. The lowest BCUT2D eigenvalue weighted by molar-refractivity contribution is -0.119. The Morgan fingerprint density at radius 2 is 1.45 bits per heavy atom. The summed E-state index contributed by atoms with van der Waals surface area (Å²) in [6, 6.07) is 27.7. The number of carbonyl (C=O) groups excluding carboxylic acids is 2. The highest BCUT2D eigenvalue weighted by Gasteiger charge is 2.27. The molecular formula is C32H32N4O5S. The normalized spacial score (nSPS) is 11.2. The van der Waals surface area contributed by atoms with Gasteiger partial charge in [0.1, 0.15) is 12.3 Å². The van der Waals surface area contributed by atoms with Crippen LogP contribution in [0.1, 0.15) is 22.3 Å². The monoisotopic (exact) mass is 584 g/mol. The quantitative estimate of drug-likeness (QED) is 0.191. The third-order valence-electron chi connectivity index (χ3n) is 6.10. The van der Waals surface area contributed by atoms with Crippen molar-refractivity contribution in [2.75, 3.05) is 22.8 Å². The third kappa shape index (κ3) is 8.28. The van der Waals surface area contributed by atoms with E-state index in [0.29, 0.717) is 22.7 Å². The number of aryl methyl sites for hydroxylation is 3. The summed E-state index contributed by atoms with van der Waals surface area (Å²) in [6.07, 6.45) is 1.43. The fourth-order valence-corrected chi connectivity index (χ4v) is 5.51. The van der Waals surface area contributed by atoms with E-state index < -0.39 is 22.5 Å². The molecule has 9 nitrogen and oxygen atoms in total. The van der Waals surface area contributed by atoms with Crippen LogP contribution in [-0.2, 0) is 19.6 Å². The van der Waals surface area contributed by atoms with E-state index >= 15 is 0 Å². The summed E-state index contributed by atoms with van der Waals surface area (Å²) in [4.78, 5) is 25.0. The van der Waals surface area contributed by atoms with Crippen molar-refractivity contribution in [3.8, 4) is 5.75 Å². The van der Waals surface area contributed by atoms with Gasteiger partial charge in [0.2, 0.25) is 0 Å². The topological polar surface area (TPSA) is 117 Å². The predicted octanol–water partition coefficient (Wildman–Crippen LogP) is 4.97. The summed E-state index contributed by atoms with van der Waals surface area (Å²) in [7, 11) is -4.03. The number of nitrogens with one attached hydrogen (secondary N) is 2. The molecule has 0 spiro atoms. The molecule has 2 amide bonds. The van der Waals surface area contributed by atoms with Crippen molar-refractivity contribution in [1.29, 1.82) is 0 Å². The van der Waals surface area contributed by atoms with E-state index in [2.05, 4.69) is 15.8 Å². The lowest BCUT2D eigenvalue weighted by Crippen LogP contribution is -2.39. The Balaban J connectivity index is 1.38. The van der Waals surface area contributed by atoms with Crippen LogP contribution in [0.3, 0.4) is 0 Å². The highest BCUT2D eigenvalue weighted by atomic mass is 32.2. The molecule has 4 aromatic rings. The Hall–Kier alpha value is -4.96. The highest BCUT2D eigenvalue weighted by Crippen LogP contribution is 2.26. The van der Waals surface area contributed by atoms with Gasteiger partial charge in [-0.25, -0.2) is 13.8 Å². The second-order valence-electron chi connectivity index (χ2n) is 9.74. The summed E-state index contributed by atoms with van der Waals surface area (Å²) < 4.78 is 33.8. The van der Waals surface area contributed by atoms with Crippen LogP contribution in [0.25, 0.3) is 0 Å². The van der Waals surface area contributed by atoms with Crippen molar-refractivity contribution >= 4 is 39.4 Å². The molecule has 0 fully saturated rings. The van der Waals surface area contributed by atoms with Crippen molar-refractivity contribution in [2.24, 2.45) is 5.10 Å². The van der Waals surface area contributed by atoms with Crippen LogP contribution in [0.2, 0.25) is 0 Å². The molecule has 0 aromatic heterocycles. The number of anilines is 2. The van der Waals surface area contributed by atoms with Crippen LogP contribution >= 0.6 is 0 Å². The molecule has 42 heavy (non-hydrogen) atoms. The lowest BCUT2D eigenvalue weighted by atomic mass is 10.1. The van der Waals surface area contributed by atoms with Crippen LogP contribution in [0.15, 0.2) is 107 Å². The number of benzene rings is 4. The average molecular weight is 585 g/mol. The maximum Gasteiger partial charge on any atom is 0.264 e. The Morgan fingerprint density at radius 3 is 2.10 bits per heavy atom. The molecule has 4 aromatic carbocycles. The molecule has 0 bridgehead atoms. The number of nitrogens with zero attached hydrogens (tertiary/aromatic N) is 2. The summed E-state index contributed by atoms with van der Waals surface area (Å²) in [5.74, 6) is -0.399. The van der Waals surface area contributed by atoms with Crippen LogP contribution in [-0.4, -0.2) is 39.6 Å². The zero-order valence-corrected chi connectivity index (χ0v) is 24.4. The summed E-state index contributed by atoms with van der Waals surface area (Å²) in [6.45, 7) is 4.99. The van der Waals surface area contributed by atoms with Gasteiger partial charge < -0.3 is 10.1 Å². The van der Waals surface area contributed by atoms with E-state index in [-0.39, 0.29) is 17.4 Å². The second kappa shape index (κ2) is 13.6. The molecular weight excluding hydrogens is 552 g/mol. The van der Waals surface area contributed by atoms with Crippen LogP contribution in [0, 0.1) is 20.8 Å². The Labute approximate surface area is 245 Å². The Morgan fingerprint density at radius 1 is 0.810 bits per heavy atom. The largest absolute Gasteiger partial charge is 0.484 e. The molecule has 2 N–H and O–H groups in total. The number of carbonyl (C=O) groups is 2. The van der Waals surface area contributed by atoms with E-state index in [0.717, 1.165) is 21.0 Å². The molecule has 0 aliphatic heterocycles. The van der Waals surface area contributed by atoms with Crippen molar-refractivity contribution < 1.29 is 22.7 Å². The zero-order valence-electron chi connectivity index (χ0n) is 23.6. The average Bonchev–Trinajstić information content (AvgIpc) is 2.95. The van der Waals surface area contributed by atoms with E-state index in [1.165, 1.54) is 18.3 Å². The fourth-order valence-electron chi connectivity index (χ4n) is 4.11. The van der Waals surface area contributed by atoms with Gasteiger partial charge in [0.05, 0.1) is 16.8 Å². The zero-order chi connectivity index (χ0) is 30.1. The van der Waals surface area contributed by atoms with Crippen molar-refractivity contribution in [1.82, 2.24) is 5.43 Å². The van der Waals surface area contributed by atoms with Gasteiger partial charge in [0.15, 0.2) is 6.61 Å². The minimum Gasteiger partial charge on any atom is -0.484 e. The van der Waals surface area contributed by atoms with Gasteiger partial charge in [-0.1, -0.05) is 42.0 Å². The molecule has 0 unspecified atom stereocenters. The summed E-state index contributed by atoms with van der Waals surface area (Å²) in [5, 5.41) is 6.74. The van der Waals surface area contributed by atoms with Gasteiger partial charge in [-0.15, -0.1) is 0 Å². The van der Waals surface area contributed by atoms with Crippen LogP contribution in [0.5, 0.6) is 5.75 Å². The highest BCUT2D eigenvalue weighted by molar-refractivity contribution is 7.92. The first-order valence-corrected chi connectivity index (χ1v) is 14.6. The van der Waals surface area contributed by atoms with Crippen LogP contribution in [0.4, 0.5) is 11.4 Å². The van der Waals surface area contributed by atoms with Crippen molar-refractivity contribution in [3.63, 3.8) is 0 Å². The first kappa shape index (κ1) is 30.0. The molecule has 0 aliphatic rings. The molecule has 0 atom stereocenters. The number of para-hydroxylation sites is 1. The number of rotatable bonds is 11. The summed E-state index contributed by atoms with van der Waals surface area (Å²) >= 11 is 0. The summed E-state index contributed by atoms with van der Waals surface area (Å²) in [5.41, 5.74) is 6.81. The van der Waals surface area contributed by atoms with Gasteiger partial charge >= 0.3 is 0 Å². The van der Waals surface area contributed by atoms with E-state index in [1.807, 2.05) is 45.0 Å². The number of ether oxygens (including phenoxy) is 1. The van der Waals surface area contributed by atoms with Gasteiger partial charge in [-0.3, -0.25) is 13.9 Å². The van der Waals surface area contributed by atoms with Gasteiger partial charge in [0, 0.05) is 5.69 Å². The number of hydrazone groups is 1. The van der Waals surface area contributed by atoms with E-state index in [4.69, 9.17) is 4.74 Å². The maximum absolute atomic E-state index is 13.6. The molecule has 0 radical (unpaired) electrons. The first-order chi connectivity index (χ1) is 20.1. The maximum atomic E-state index is 13.6. The number of amides is 2. The second-order valence-corrected chi connectivity index (χ2v) is 11.6. The SMILES string of the molecule is Cc1ccc(S(=O)(=O)N(CC(=O)N/N=C\c2ccc(OCC(=O)Nc3ccccc3)cc2)c2cc(C)cc(C)c2)cc1. The molecule has 0 saturated carbocycles. The van der Waals surface area contributed by atoms with Gasteiger partial charge in [-0.05, 0) is 98.1 Å². The lowest BCUT2D eigenvalue weighted by Gasteiger charge is -2.24. The van der Waals surface area contributed by atoms with Crippen molar-refractivity contribution in [2.45, 2.75) is 25.7 Å². The van der Waals surface area contributed by atoms with Gasteiger partial charge in [-0.2, -0.15) is 5.10 Å². The molecule has 0 heterocycles. The molecule has 0 saturated heterocycles. The van der Waals surface area contributed by atoms with E-state index in [9.17, 15) is 18.0 Å². The first-order valence-electron chi connectivity index (χ1n) is 13.2. The Bertz CT molecular complexity index is 1650. The smallest absolute Gasteiger partial charge is 0.264 e. The Kier molecular flexibility index (Phi) is 9.72. The van der Waals surface area contributed by atoms with E-state index in [1.54, 1.807) is 60.7 Å². The minimum absolute atomic E-state index is 0.0865. The fraction of sp³-hybridized carbons (Fsp3) is 0.156. The van der Waals surface area contributed by atoms with Crippen LogP contribution < -0.4 is 19.8 Å². The molecule has 0 aliphatic carbocycles. The third-order valence-corrected chi connectivity index (χ3v) is 7.89. The molecule has 216 valence electrons. The number of sulfonamides is 1. The van der Waals surface area contributed by atoms with Crippen molar-refractivity contribution in [3.05, 3.63) is 119 Å². The number of hydrogen-bond donors (Lipinski definition) is 2. The number of hydrogen-bond acceptors (Lipinski definition) is 6.